The number of hydrogen-bond acceptors (Lipinski definition) is 5. The maximum absolute atomic E-state index is 12.6. The number of carbonyl (C=O) groups is 2. The summed E-state index contributed by atoms with van der Waals surface area (Å²) in [6.07, 6.45) is 5.13. The van der Waals surface area contributed by atoms with Crippen molar-refractivity contribution in [2.45, 2.75) is 69.4 Å². The molecule has 8 heteroatoms. The summed E-state index contributed by atoms with van der Waals surface area (Å²) in [5.41, 5.74) is 0.219. The number of hydrogen-bond donors (Lipinski definition) is 1. The Hall–Kier alpha value is -1.93. The minimum absolute atomic E-state index is 0.118. The van der Waals surface area contributed by atoms with Crippen LogP contribution < -0.4 is 5.32 Å². The van der Waals surface area contributed by atoms with E-state index in [1.165, 1.54) is 35.0 Å². The van der Waals surface area contributed by atoms with Crippen LogP contribution in [-0.2, 0) is 19.6 Å². The number of nitrogens with zero attached hydrogens (tertiary/aromatic N) is 1. The van der Waals surface area contributed by atoms with Crippen LogP contribution in [0.4, 0.5) is 0 Å². The van der Waals surface area contributed by atoms with Crippen molar-refractivity contribution >= 4 is 21.9 Å². The molecule has 1 aromatic carbocycles. The highest BCUT2D eigenvalue weighted by Gasteiger charge is 2.28. The average Bonchev–Trinajstić information content (AvgIpc) is 3.25. The molecular formula is C21H30N2O5S. The summed E-state index contributed by atoms with van der Waals surface area (Å²) in [7, 11) is -3.52. The number of benzene rings is 1. The number of amides is 1. The summed E-state index contributed by atoms with van der Waals surface area (Å²) in [6.45, 7) is 4.72. The van der Waals surface area contributed by atoms with Crippen LogP contribution in [0.1, 0.15) is 62.7 Å². The topological polar surface area (TPSA) is 92.8 Å². The molecule has 2 fully saturated rings. The van der Waals surface area contributed by atoms with Gasteiger partial charge in [-0.3, -0.25) is 4.79 Å². The molecule has 2 aliphatic rings. The largest absolute Gasteiger partial charge is 0.449 e. The van der Waals surface area contributed by atoms with E-state index < -0.39 is 22.1 Å². The van der Waals surface area contributed by atoms with Gasteiger partial charge in [0, 0.05) is 19.1 Å². The smallest absolute Gasteiger partial charge is 0.338 e. The monoisotopic (exact) mass is 422 g/mol. The summed E-state index contributed by atoms with van der Waals surface area (Å²) in [4.78, 5) is 24.9. The molecule has 1 heterocycles. The molecule has 1 N–H and O–H groups in total. The zero-order chi connectivity index (χ0) is 21.0. The Morgan fingerprint density at radius 1 is 1.07 bits per heavy atom. The predicted molar refractivity (Wildman–Crippen MR) is 109 cm³/mol. The number of esters is 1. The first kappa shape index (κ1) is 21.8. The normalized spacial score (nSPS) is 24.1. The molecule has 1 aliphatic heterocycles. The van der Waals surface area contributed by atoms with Crippen molar-refractivity contribution in [1.82, 2.24) is 9.62 Å². The molecule has 1 saturated carbocycles. The highest BCUT2D eigenvalue weighted by molar-refractivity contribution is 7.89. The SMILES string of the molecule is CC(OC(=O)c1ccc(S(=O)(=O)N2CCCC2)cc1)C(=O)NC1CCCCC1C. The highest BCUT2D eigenvalue weighted by Crippen LogP contribution is 2.24. The van der Waals surface area contributed by atoms with Crippen LogP contribution in [0.5, 0.6) is 0 Å². The van der Waals surface area contributed by atoms with Crippen molar-refractivity contribution in [3.63, 3.8) is 0 Å². The van der Waals surface area contributed by atoms with Crippen molar-refractivity contribution in [2.24, 2.45) is 5.92 Å². The zero-order valence-electron chi connectivity index (χ0n) is 17.1. The third-order valence-corrected chi connectivity index (χ3v) is 7.80. The third-order valence-electron chi connectivity index (χ3n) is 5.89. The Morgan fingerprint density at radius 3 is 2.31 bits per heavy atom. The molecular weight excluding hydrogens is 392 g/mol. The summed E-state index contributed by atoms with van der Waals surface area (Å²) in [6, 6.07) is 5.81. The zero-order valence-corrected chi connectivity index (χ0v) is 17.9. The van der Waals surface area contributed by atoms with Gasteiger partial charge in [0.15, 0.2) is 6.10 Å². The van der Waals surface area contributed by atoms with Gasteiger partial charge in [-0.25, -0.2) is 13.2 Å². The Kier molecular flexibility index (Phi) is 6.95. The second kappa shape index (κ2) is 9.26. The number of ether oxygens (including phenoxy) is 1. The molecule has 3 unspecified atom stereocenters. The van der Waals surface area contributed by atoms with E-state index in [4.69, 9.17) is 4.74 Å². The third kappa shape index (κ3) is 5.17. The van der Waals surface area contributed by atoms with Crippen LogP contribution in [0.25, 0.3) is 0 Å². The number of sulfonamides is 1. The molecule has 3 atom stereocenters. The van der Waals surface area contributed by atoms with E-state index >= 15 is 0 Å². The number of carbonyl (C=O) groups excluding carboxylic acids is 2. The lowest BCUT2D eigenvalue weighted by molar-refractivity contribution is -0.130. The Balaban J connectivity index is 1.58. The Labute approximate surface area is 172 Å². The maximum Gasteiger partial charge on any atom is 0.338 e. The fraction of sp³-hybridized carbons (Fsp3) is 0.619. The van der Waals surface area contributed by atoms with E-state index in [1.54, 1.807) is 6.92 Å². The van der Waals surface area contributed by atoms with Gasteiger partial charge in [0.05, 0.1) is 10.5 Å². The second-order valence-corrected chi connectivity index (χ2v) is 10.00. The predicted octanol–water partition coefficient (Wildman–Crippen LogP) is 2.71. The van der Waals surface area contributed by atoms with E-state index in [9.17, 15) is 18.0 Å². The quantitative estimate of drug-likeness (QED) is 0.712. The molecule has 0 radical (unpaired) electrons. The van der Waals surface area contributed by atoms with Crippen LogP contribution in [0.3, 0.4) is 0 Å². The molecule has 1 aromatic rings. The number of rotatable bonds is 6. The van der Waals surface area contributed by atoms with Crippen LogP contribution in [0.2, 0.25) is 0 Å². The van der Waals surface area contributed by atoms with Crippen molar-refractivity contribution in [1.29, 1.82) is 0 Å². The number of nitrogens with one attached hydrogen (secondary N) is 1. The van der Waals surface area contributed by atoms with Gasteiger partial charge in [-0.05, 0) is 62.8 Å². The van der Waals surface area contributed by atoms with Crippen LogP contribution in [0.15, 0.2) is 29.2 Å². The van der Waals surface area contributed by atoms with E-state index in [0.29, 0.717) is 19.0 Å². The minimum Gasteiger partial charge on any atom is -0.449 e. The molecule has 7 nitrogen and oxygen atoms in total. The van der Waals surface area contributed by atoms with Crippen LogP contribution in [-0.4, -0.2) is 49.8 Å². The second-order valence-electron chi connectivity index (χ2n) is 8.06. The average molecular weight is 423 g/mol. The molecule has 160 valence electrons. The van der Waals surface area contributed by atoms with E-state index in [1.807, 2.05) is 0 Å². The van der Waals surface area contributed by atoms with Gasteiger partial charge in [0.25, 0.3) is 5.91 Å². The summed E-state index contributed by atoms with van der Waals surface area (Å²) in [5, 5.41) is 2.98. The Bertz CT molecular complexity index is 831. The first-order valence-electron chi connectivity index (χ1n) is 10.4. The van der Waals surface area contributed by atoms with Crippen LogP contribution in [0, 0.1) is 5.92 Å². The summed E-state index contributed by atoms with van der Waals surface area (Å²) in [5.74, 6) is -0.527. The van der Waals surface area contributed by atoms with Gasteiger partial charge >= 0.3 is 5.97 Å². The lowest BCUT2D eigenvalue weighted by atomic mass is 9.86. The highest BCUT2D eigenvalue weighted by atomic mass is 32.2. The first-order valence-corrected chi connectivity index (χ1v) is 11.8. The van der Waals surface area contributed by atoms with Crippen molar-refractivity contribution < 1.29 is 22.7 Å². The van der Waals surface area contributed by atoms with E-state index in [2.05, 4.69) is 12.2 Å². The molecule has 3 rings (SSSR count). The van der Waals surface area contributed by atoms with E-state index in [-0.39, 0.29) is 22.4 Å². The lowest BCUT2D eigenvalue weighted by Gasteiger charge is -2.30. The summed E-state index contributed by atoms with van der Waals surface area (Å²) < 4.78 is 31.9. The van der Waals surface area contributed by atoms with E-state index in [0.717, 1.165) is 32.1 Å². The molecule has 29 heavy (non-hydrogen) atoms. The van der Waals surface area contributed by atoms with Gasteiger partial charge in [-0.15, -0.1) is 0 Å². The van der Waals surface area contributed by atoms with Crippen LogP contribution >= 0.6 is 0 Å². The van der Waals surface area contributed by atoms with Gasteiger partial charge < -0.3 is 10.1 Å². The molecule has 1 saturated heterocycles. The van der Waals surface area contributed by atoms with Crippen molar-refractivity contribution in [3.8, 4) is 0 Å². The standard InChI is InChI=1S/C21H30N2O5S/c1-15-7-3-4-8-19(15)22-20(24)16(2)28-21(25)17-9-11-18(12-10-17)29(26,27)23-13-5-6-14-23/h9-12,15-16,19H,3-8,13-14H2,1-2H3,(H,22,24). The van der Waals surface area contributed by atoms with Gasteiger partial charge in [-0.1, -0.05) is 19.8 Å². The Morgan fingerprint density at radius 2 is 1.69 bits per heavy atom. The van der Waals surface area contributed by atoms with Gasteiger partial charge in [0.1, 0.15) is 0 Å². The maximum atomic E-state index is 12.6. The molecule has 0 bridgehead atoms. The first-order chi connectivity index (χ1) is 13.8. The lowest BCUT2D eigenvalue weighted by Crippen LogP contribution is -2.45. The van der Waals surface area contributed by atoms with Crippen molar-refractivity contribution in [2.75, 3.05) is 13.1 Å². The molecule has 0 spiro atoms. The molecule has 1 amide bonds. The van der Waals surface area contributed by atoms with Gasteiger partial charge in [0.2, 0.25) is 10.0 Å². The van der Waals surface area contributed by atoms with Crippen molar-refractivity contribution in [3.05, 3.63) is 29.8 Å². The summed E-state index contributed by atoms with van der Waals surface area (Å²) >= 11 is 0. The fourth-order valence-corrected chi connectivity index (χ4v) is 5.47. The molecule has 1 aliphatic carbocycles. The minimum atomic E-state index is -3.52. The molecule has 0 aromatic heterocycles. The fourth-order valence-electron chi connectivity index (χ4n) is 3.95. The van der Waals surface area contributed by atoms with Gasteiger partial charge in [-0.2, -0.15) is 4.31 Å².